The van der Waals surface area contributed by atoms with Crippen molar-refractivity contribution in [3.8, 4) is 0 Å². The Balaban J connectivity index is 2.06. The molecule has 4 heteroatoms. The molecule has 0 aromatic carbocycles. The molecular weight excluding hydrogens is 147 g/mol. The summed E-state index contributed by atoms with van der Waals surface area (Å²) in [5.41, 5.74) is 0. The van der Waals surface area contributed by atoms with Crippen LogP contribution in [-0.4, -0.2) is 32.2 Å². The zero-order valence-corrected chi connectivity index (χ0v) is 6.40. The lowest BCUT2D eigenvalue weighted by molar-refractivity contribution is -0.122. The second kappa shape index (κ2) is 4.28. The Morgan fingerprint density at radius 3 is 3.09 bits per heavy atom. The van der Waals surface area contributed by atoms with Gasteiger partial charge in [0, 0.05) is 6.54 Å². The molecule has 1 saturated heterocycles. The number of alkyl halides is 1. The summed E-state index contributed by atoms with van der Waals surface area (Å²) in [6.07, 6.45) is 1.08. The number of halogens is 1. The molecule has 0 aromatic heterocycles. The SMILES string of the molecule is O=C(CF)NC[C@@H]1CCNC1. The van der Waals surface area contributed by atoms with Crippen molar-refractivity contribution in [2.45, 2.75) is 6.42 Å². The van der Waals surface area contributed by atoms with E-state index in [1.807, 2.05) is 0 Å². The molecule has 64 valence electrons. The first-order valence-electron chi connectivity index (χ1n) is 3.86. The summed E-state index contributed by atoms with van der Waals surface area (Å²) in [4.78, 5) is 10.5. The Hall–Kier alpha value is -0.640. The topological polar surface area (TPSA) is 41.1 Å². The van der Waals surface area contributed by atoms with Crippen molar-refractivity contribution in [3.63, 3.8) is 0 Å². The van der Waals surface area contributed by atoms with Gasteiger partial charge >= 0.3 is 0 Å². The van der Waals surface area contributed by atoms with Gasteiger partial charge in [-0.3, -0.25) is 4.79 Å². The maximum Gasteiger partial charge on any atom is 0.251 e. The van der Waals surface area contributed by atoms with Crippen LogP contribution >= 0.6 is 0 Å². The smallest absolute Gasteiger partial charge is 0.251 e. The van der Waals surface area contributed by atoms with E-state index < -0.39 is 12.6 Å². The third-order valence-electron chi connectivity index (χ3n) is 1.87. The Bertz CT molecular complexity index is 134. The fourth-order valence-electron chi connectivity index (χ4n) is 1.19. The van der Waals surface area contributed by atoms with Gasteiger partial charge in [-0.15, -0.1) is 0 Å². The molecule has 11 heavy (non-hydrogen) atoms. The summed E-state index contributed by atoms with van der Waals surface area (Å²) in [5, 5.41) is 5.69. The molecule has 2 N–H and O–H groups in total. The van der Waals surface area contributed by atoms with Gasteiger partial charge in [0.25, 0.3) is 5.91 Å². The molecule has 0 unspecified atom stereocenters. The Morgan fingerprint density at radius 2 is 2.55 bits per heavy atom. The lowest BCUT2D eigenvalue weighted by atomic mass is 10.1. The van der Waals surface area contributed by atoms with Gasteiger partial charge < -0.3 is 10.6 Å². The largest absolute Gasteiger partial charge is 0.354 e. The Kier molecular flexibility index (Phi) is 3.29. The zero-order valence-electron chi connectivity index (χ0n) is 6.40. The summed E-state index contributed by atoms with van der Waals surface area (Å²) < 4.78 is 11.6. The van der Waals surface area contributed by atoms with E-state index in [1.54, 1.807) is 0 Å². The zero-order chi connectivity index (χ0) is 8.10. The number of hydrogen-bond donors (Lipinski definition) is 2. The van der Waals surface area contributed by atoms with Crippen LogP contribution in [-0.2, 0) is 4.79 Å². The van der Waals surface area contributed by atoms with Gasteiger partial charge in [0.1, 0.15) is 0 Å². The Labute approximate surface area is 65.3 Å². The standard InChI is InChI=1S/C7H13FN2O/c8-3-7(11)10-5-6-1-2-9-4-6/h6,9H,1-5H2,(H,10,11)/t6-/m1/s1. The highest BCUT2D eigenvalue weighted by Crippen LogP contribution is 2.04. The molecule has 1 rings (SSSR count). The van der Waals surface area contributed by atoms with Crippen molar-refractivity contribution < 1.29 is 9.18 Å². The molecule has 0 saturated carbocycles. The van der Waals surface area contributed by atoms with Crippen LogP contribution in [0.3, 0.4) is 0 Å². The summed E-state index contributed by atoms with van der Waals surface area (Å²) in [7, 11) is 0. The minimum absolute atomic E-state index is 0.491. The minimum Gasteiger partial charge on any atom is -0.354 e. The lowest BCUT2D eigenvalue weighted by Crippen LogP contribution is -2.31. The second-order valence-electron chi connectivity index (χ2n) is 2.80. The second-order valence-corrected chi connectivity index (χ2v) is 2.80. The maximum atomic E-state index is 11.6. The fourth-order valence-corrected chi connectivity index (χ4v) is 1.19. The number of carbonyl (C=O) groups is 1. The van der Waals surface area contributed by atoms with E-state index in [0.29, 0.717) is 12.5 Å². The molecule has 0 spiro atoms. The average molecular weight is 160 g/mol. The molecule has 1 amide bonds. The van der Waals surface area contributed by atoms with E-state index in [1.165, 1.54) is 0 Å². The van der Waals surface area contributed by atoms with Crippen molar-refractivity contribution in [1.82, 2.24) is 10.6 Å². The first-order chi connectivity index (χ1) is 5.33. The number of hydrogen-bond acceptors (Lipinski definition) is 2. The number of nitrogens with one attached hydrogen (secondary N) is 2. The van der Waals surface area contributed by atoms with Crippen molar-refractivity contribution in [2.75, 3.05) is 26.3 Å². The fraction of sp³-hybridized carbons (Fsp3) is 0.857. The summed E-state index contributed by atoms with van der Waals surface area (Å²) in [5.74, 6) is -0.0117. The first-order valence-corrected chi connectivity index (χ1v) is 3.86. The highest BCUT2D eigenvalue weighted by Gasteiger charge is 2.14. The molecule has 1 aliphatic rings. The van der Waals surface area contributed by atoms with Gasteiger partial charge in [-0.25, -0.2) is 4.39 Å². The quantitative estimate of drug-likeness (QED) is 0.594. The van der Waals surface area contributed by atoms with E-state index in [9.17, 15) is 9.18 Å². The number of amides is 1. The molecule has 0 aliphatic carbocycles. The number of carbonyl (C=O) groups excluding carboxylic acids is 1. The van der Waals surface area contributed by atoms with Gasteiger partial charge in [0.2, 0.25) is 0 Å². The summed E-state index contributed by atoms with van der Waals surface area (Å²) >= 11 is 0. The molecular formula is C7H13FN2O. The van der Waals surface area contributed by atoms with E-state index in [-0.39, 0.29) is 0 Å². The maximum absolute atomic E-state index is 11.6. The predicted octanol–water partition coefficient (Wildman–Crippen LogP) is -0.318. The van der Waals surface area contributed by atoms with Crippen LogP contribution in [0.15, 0.2) is 0 Å². The van der Waals surface area contributed by atoms with E-state index in [2.05, 4.69) is 10.6 Å². The van der Waals surface area contributed by atoms with Gasteiger partial charge in [-0.05, 0) is 25.4 Å². The van der Waals surface area contributed by atoms with Crippen molar-refractivity contribution in [2.24, 2.45) is 5.92 Å². The van der Waals surface area contributed by atoms with Crippen LogP contribution in [0.5, 0.6) is 0 Å². The van der Waals surface area contributed by atoms with Gasteiger partial charge in [0.15, 0.2) is 6.67 Å². The predicted molar refractivity (Wildman–Crippen MR) is 40.0 cm³/mol. The van der Waals surface area contributed by atoms with Crippen LogP contribution in [0.4, 0.5) is 4.39 Å². The van der Waals surface area contributed by atoms with Crippen LogP contribution in [0.25, 0.3) is 0 Å². The Morgan fingerprint density at radius 1 is 1.73 bits per heavy atom. The van der Waals surface area contributed by atoms with Gasteiger partial charge in [-0.1, -0.05) is 0 Å². The van der Waals surface area contributed by atoms with Gasteiger partial charge in [0.05, 0.1) is 0 Å². The highest BCUT2D eigenvalue weighted by atomic mass is 19.1. The normalized spacial score (nSPS) is 23.5. The molecule has 1 atom stereocenters. The van der Waals surface area contributed by atoms with E-state index >= 15 is 0 Å². The molecule has 1 heterocycles. The highest BCUT2D eigenvalue weighted by molar-refractivity contribution is 5.76. The van der Waals surface area contributed by atoms with Crippen molar-refractivity contribution in [1.29, 1.82) is 0 Å². The lowest BCUT2D eigenvalue weighted by Gasteiger charge is -2.07. The average Bonchev–Trinajstić information content (AvgIpc) is 2.52. The van der Waals surface area contributed by atoms with Crippen LogP contribution < -0.4 is 10.6 Å². The first kappa shape index (κ1) is 8.46. The monoisotopic (exact) mass is 160 g/mol. The minimum atomic E-state index is -0.903. The third kappa shape index (κ3) is 2.84. The van der Waals surface area contributed by atoms with E-state index in [0.717, 1.165) is 19.5 Å². The number of rotatable bonds is 3. The van der Waals surface area contributed by atoms with Crippen LogP contribution in [0.1, 0.15) is 6.42 Å². The molecule has 1 aliphatic heterocycles. The molecule has 3 nitrogen and oxygen atoms in total. The van der Waals surface area contributed by atoms with Crippen molar-refractivity contribution >= 4 is 5.91 Å². The molecule has 0 aromatic rings. The van der Waals surface area contributed by atoms with Crippen LogP contribution in [0.2, 0.25) is 0 Å². The molecule has 1 fully saturated rings. The van der Waals surface area contributed by atoms with Crippen molar-refractivity contribution in [3.05, 3.63) is 0 Å². The third-order valence-corrected chi connectivity index (χ3v) is 1.87. The van der Waals surface area contributed by atoms with Crippen LogP contribution in [0, 0.1) is 5.92 Å². The molecule has 0 bridgehead atoms. The molecule has 0 radical (unpaired) electrons. The summed E-state index contributed by atoms with van der Waals surface area (Å²) in [6, 6.07) is 0. The van der Waals surface area contributed by atoms with E-state index in [4.69, 9.17) is 0 Å². The summed E-state index contributed by atoms with van der Waals surface area (Å²) in [6.45, 7) is 1.65. The van der Waals surface area contributed by atoms with Gasteiger partial charge in [-0.2, -0.15) is 0 Å².